The Morgan fingerprint density at radius 3 is 2.15 bits per heavy atom. The van der Waals surface area contributed by atoms with Crippen LogP contribution in [0.5, 0.6) is 0 Å². The molecule has 0 fully saturated rings. The Labute approximate surface area is 155 Å². The van der Waals surface area contributed by atoms with Crippen molar-refractivity contribution in [1.29, 1.82) is 0 Å². The summed E-state index contributed by atoms with van der Waals surface area (Å²) >= 11 is 0. The summed E-state index contributed by atoms with van der Waals surface area (Å²) in [4.78, 5) is 2.43. The van der Waals surface area contributed by atoms with Crippen molar-refractivity contribution in [1.82, 2.24) is 0 Å². The van der Waals surface area contributed by atoms with Gasteiger partial charge in [0, 0.05) is 23.6 Å². The molecule has 3 rings (SSSR count). The number of sulfonamides is 1. The zero-order chi connectivity index (χ0) is 18.6. The summed E-state index contributed by atoms with van der Waals surface area (Å²) in [6.07, 6.45) is 0. The van der Waals surface area contributed by atoms with Gasteiger partial charge < -0.3 is 4.90 Å². The topological polar surface area (TPSA) is 49.4 Å². The third-order valence-corrected chi connectivity index (χ3v) is 5.51. The second-order valence-corrected chi connectivity index (χ2v) is 7.73. The highest BCUT2D eigenvalue weighted by molar-refractivity contribution is 7.92. The summed E-state index contributed by atoms with van der Waals surface area (Å²) in [5.74, 6) is 0. The predicted molar refractivity (Wildman–Crippen MR) is 108 cm³/mol. The molecular weight excluding hydrogens is 344 g/mol. The molecule has 0 aliphatic heterocycles. The van der Waals surface area contributed by atoms with Gasteiger partial charge in [-0.15, -0.1) is 0 Å². The minimum absolute atomic E-state index is 0.249. The van der Waals surface area contributed by atoms with Gasteiger partial charge >= 0.3 is 0 Å². The lowest BCUT2D eigenvalue weighted by molar-refractivity contribution is 0.601. The van der Waals surface area contributed by atoms with E-state index in [0.717, 1.165) is 17.9 Å². The third-order valence-electron chi connectivity index (χ3n) is 4.11. The fourth-order valence-electron chi connectivity index (χ4n) is 2.83. The highest BCUT2D eigenvalue weighted by atomic mass is 32.2. The van der Waals surface area contributed by atoms with Gasteiger partial charge in [0.05, 0.1) is 4.90 Å². The summed E-state index contributed by atoms with van der Waals surface area (Å²) in [5, 5.41) is 0. The number of nitrogens with one attached hydrogen (secondary N) is 1. The van der Waals surface area contributed by atoms with Crippen molar-refractivity contribution < 1.29 is 8.42 Å². The van der Waals surface area contributed by atoms with Crippen molar-refractivity contribution in [2.45, 2.75) is 18.7 Å². The lowest BCUT2D eigenvalue weighted by Crippen LogP contribution is -2.16. The van der Waals surface area contributed by atoms with Crippen molar-refractivity contribution >= 4 is 27.1 Å². The molecule has 0 radical (unpaired) electrons. The Morgan fingerprint density at radius 1 is 0.846 bits per heavy atom. The maximum atomic E-state index is 12.4. The SMILES string of the molecule is CCN(c1ccc(NS(=O)(=O)c2ccccc2)cc1)c1cccc(C)c1. The number of nitrogens with zero attached hydrogens (tertiary/aromatic N) is 1. The van der Waals surface area contributed by atoms with Gasteiger partial charge in [0.15, 0.2) is 0 Å². The Hall–Kier alpha value is -2.79. The van der Waals surface area contributed by atoms with Crippen LogP contribution in [0.3, 0.4) is 0 Å². The monoisotopic (exact) mass is 366 g/mol. The Balaban J connectivity index is 1.82. The van der Waals surface area contributed by atoms with Crippen LogP contribution in [0.2, 0.25) is 0 Å². The number of anilines is 3. The summed E-state index contributed by atoms with van der Waals surface area (Å²) < 4.78 is 27.4. The molecule has 3 aromatic rings. The van der Waals surface area contributed by atoms with Crippen LogP contribution in [-0.4, -0.2) is 15.0 Å². The molecule has 134 valence electrons. The zero-order valence-corrected chi connectivity index (χ0v) is 15.7. The van der Waals surface area contributed by atoms with E-state index in [9.17, 15) is 8.42 Å². The average Bonchev–Trinajstić information content (AvgIpc) is 2.64. The molecule has 4 nitrogen and oxygen atoms in total. The van der Waals surface area contributed by atoms with Crippen molar-refractivity contribution in [3.8, 4) is 0 Å². The molecule has 0 saturated carbocycles. The molecule has 0 aromatic heterocycles. The molecule has 0 bridgehead atoms. The molecule has 0 saturated heterocycles. The van der Waals surface area contributed by atoms with Gasteiger partial charge in [0.1, 0.15) is 0 Å². The number of hydrogen-bond acceptors (Lipinski definition) is 3. The second kappa shape index (κ2) is 7.62. The maximum Gasteiger partial charge on any atom is 0.261 e. The summed E-state index contributed by atoms with van der Waals surface area (Å²) in [6, 6.07) is 24.1. The van der Waals surface area contributed by atoms with E-state index in [1.54, 1.807) is 42.5 Å². The minimum atomic E-state index is -3.57. The Kier molecular flexibility index (Phi) is 5.28. The first kappa shape index (κ1) is 18.0. The predicted octanol–water partition coefficient (Wildman–Crippen LogP) is 4.95. The van der Waals surface area contributed by atoms with Crippen LogP contribution in [0, 0.1) is 6.92 Å². The fourth-order valence-corrected chi connectivity index (χ4v) is 3.91. The average molecular weight is 366 g/mol. The van der Waals surface area contributed by atoms with Crippen LogP contribution < -0.4 is 9.62 Å². The molecule has 0 atom stereocenters. The molecule has 0 aliphatic carbocycles. The number of rotatable bonds is 6. The first-order valence-electron chi connectivity index (χ1n) is 8.52. The Bertz CT molecular complexity index is 968. The molecule has 0 unspecified atom stereocenters. The number of hydrogen-bond donors (Lipinski definition) is 1. The fraction of sp³-hybridized carbons (Fsp3) is 0.143. The summed E-state index contributed by atoms with van der Waals surface area (Å²) in [6.45, 7) is 4.98. The van der Waals surface area contributed by atoms with Gasteiger partial charge in [0.25, 0.3) is 10.0 Å². The lowest BCUT2D eigenvalue weighted by atomic mass is 10.2. The smallest absolute Gasteiger partial charge is 0.261 e. The molecule has 0 amide bonds. The minimum Gasteiger partial charge on any atom is -0.342 e. The molecular formula is C21H22N2O2S. The normalized spacial score (nSPS) is 11.2. The third kappa shape index (κ3) is 4.06. The van der Waals surface area contributed by atoms with Crippen molar-refractivity contribution in [3.05, 3.63) is 84.4 Å². The van der Waals surface area contributed by atoms with Crippen molar-refractivity contribution in [2.75, 3.05) is 16.2 Å². The molecule has 5 heteroatoms. The van der Waals surface area contributed by atoms with Gasteiger partial charge in [0.2, 0.25) is 0 Å². The molecule has 0 heterocycles. The van der Waals surface area contributed by atoms with E-state index in [-0.39, 0.29) is 4.90 Å². The van der Waals surface area contributed by atoms with E-state index in [1.165, 1.54) is 5.56 Å². The van der Waals surface area contributed by atoms with Crippen LogP contribution in [0.4, 0.5) is 17.1 Å². The van der Waals surface area contributed by atoms with E-state index in [0.29, 0.717) is 5.69 Å². The van der Waals surface area contributed by atoms with Gasteiger partial charge in [-0.05, 0) is 67.9 Å². The van der Waals surface area contributed by atoms with E-state index in [1.807, 2.05) is 18.2 Å². The van der Waals surface area contributed by atoms with Crippen molar-refractivity contribution in [2.24, 2.45) is 0 Å². The van der Waals surface area contributed by atoms with Gasteiger partial charge in [-0.25, -0.2) is 8.42 Å². The molecule has 0 spiro atoms. The lowest BCUT2D eigenvalue weighted by Gasteiger charge is -2.24. The zero-order valence-electron chi connectivity index (χ0n) is 14.9. The van der Waals surface area contributed by atoms with E-state index in [2.05, 4.69) is 41.7 Å². The largest absolute Gasteiger partial charge is 0.342 e. The van der Waals surface area contributed by atoms with Gasteiger partial charge in [-0.1, -0.05) is 30.3 Å². The molecule has 3 aromatic carbocycles. The van der Waals surface area contributed by atoms with Crippen molar-refractivity contribution in [3.63, 3.8) is 0 Å². The standard InChI is InChI=1S/C21H22N2O2S/c1-3-23(20-9-7-8-17(2)16-20)19-14-12-18(13-15-19)22-26(24,25)21-10-5-4-6-11-21/h4-16,22H,3H2,1-2H3. The molecule has 0 aliphatic rings. The van der Waals surface area contributed by atoms with Gasteiger partial charge in [-0.3, -0.25) is 4.72 Å². The van der Waals surface area contributed by atoms with Crippen LogP contribution >= 0.6 is 0 Å². The first-order chi connectivity index (χ1) is 12.5. The highest BCUT2D eigenvalue weighted by Gasteiger charge is 2.14. The number of benzene rings is 3. The van der Waals surface area contributed by atoms with E-state index >= 15 is 0 Å². The Morgan fingerprint density at radius 2 is 1.54 bits per heavy atom. The van der Waals surface area contributed by atoms with E-state index in [4.69, 9.17) is 0 Å². The van der Waals surface area contributed by atoms with Crippen LogP contribution in [0.25, 0.3) is 0 Å². The molecule has 1 N–H and O–H groups in total. The first-order valence-corrected chi connectivity index (χ1v) is 10.00. The van der Waals surface area contributed by atoms with Gasteiger partial charge in [-0.2, -0.15) is 0 Å². The second-order valence-electron chi connectivity index (χ2n) is 6.05. The van der Waals surface area contributed by atoms with Crippen LogP contribution in [0.1, 0.15) is 12.5 Å². The molecule has 26 heavy (non-hydrogen) atoms. The van der Waals surface area contributed by atoms with Crippen LogP contribution in [-0.2, 0) is 10.0 Å². The quantitative estimate of drug-likeness (QED) is 0.671. The summed E-state index contributed by atoms with van der Waals surface area (Å²) in [7, 11) is -3.57. The van der Waals surface area contributed by atoms with E-state index < -0.39 is 10.0 Å². The summed E-state index contributed by atoms with van der Waals surface area (Å²) in [5.41, 5.74) is 3.87. The highest BCUT2D eigenvalue weighted by Crippen LogP contribution is 2.27. The van der Waals surface area contributed by atoms with Crippen LogP contribution in [0.15, 0.2) is 83.8 Å². The number of aryl methyl sites for hydroxylation is 1. The maximum absolute atomic E-state index is 12.4.